The molecule has 0 aliphatic heterocycles. The number of hydrogen-bond acceptors (Lipinski definition) is 2. The van der Waals surface area contributed by atoms with E-state index >= 15 is 0 Å². The first-order chi connectivity index (χ1) is 12.7. The van der Waals surface area contributed by atoms with Crippen molar-refractivity contribution in [2.45, 2.75) is 65.0 Å². The van der Waals surface area contributed by atoms with E-state index in [2.05, 4.69) is 29.7 Å². The molecule has 0 bridgehead atoms. The highest BCUT2D eigenvalue weighted by Gasteiger charge is 2.18. The third-order valence-corrected chi connectivity index (χ3v) is 5.46. The average Bonchev–Trinajstić information content (AvgIpc) is 3.03. The molecule has 1 aliphatic rings. The summed E-state index contributed by atoms with van der Waals surface area (Å²) < 4.78 is 15.5. The molecule has 3 rings (SSSR count). The van der Waals surface area contributed by atoms with E-state index in [4.69, 9.17) is 5.10 Å². The number of nitrogens with zero attached hydrogens (tertiary/aromatic N) is 3. The topological polar surface area (TPSA) is 21.1 Å². The van der Waals surface area contributed by atoms with Crippen molar-refractivity contribution >= 4 is 0 Å². The Bertz CT molecular complexity index is 671. The highest BCUT2D eigenvalue weighted by Crippen LogP contribution is 2.27. The maximum absolute atomic E-state index is 13.3. The molecule has 4 heteroatoms. The Morgan fingerprint density at radius 3 is 2.58 bits per heavy atom. The summed E-state index contributed by atoms with van der Waals surface area (Å²) in [6.45, 7) is 5.21. The summed E-state index contributed by atoms with van der Waals surface area (Å²) in [7, 11) is 2.17. The third kappa shape index (κ3) is 5.16. The van der Waals surface area contributed by atoms with Crippen molar-refractivity contribution in [3.8, 4) is 11.3 Å². The molecule has 0 radical (unpaired) electrons. The summed E-state index contributed by atoms with van der Waals surface area (Å²) >= 11 is 0. The van der Waals surface area contributed by atoms with E-state index in [1.54, 1.807) is 0 Å². The minimum atomic E-state index is -0.197. The van der Waals surface area contributed by atoms with Crippen LogP contribution in [0.3, 0.4) is 0 Å². The predicted molar refractivity (Wildman–Crippen MR) is 105 cm³/mol. The molecule has 1 saturated carbocycles. The molecule has 1 fully saturated rings. The van der Waals surface area contributed by atoms with Gasteiger partial charge in [0.25, 0.3) is 0 Å². The smallest absolute Gasteiger partial charge is 0.123 e. The molecule has 26 heavy (non-hydrogen) atoms. The largest absolute Gasteiger partial charge is 0.302 e. The molecule has 0 unspecified atom stereocenters. The Morgan fingerprint density at radius 1 is 1.15 bits per heavy atom. The zero-order valence-electron chi connectivity index (χ0n) is 16.3. The van der Waals surface area contributed by atoms with Gasteiger partial charge < -0.3 is 4.90 Å². The minimum Gasteiger partial charge on any atom is -0.302 e. The normalized spacial score (nSPS) is 15.7. The van der Waals surface area contributed by atoms with Crippen LogP contribution in [0.5, 0.6) is 0 Å². The standard InChI is InChI=1S/C22H32FN3/c1-3-4-14-25(2)16-20-17-26(15-18-8-6-5-7-9-18)24-22(20)19-10-12-21(23)13-11-19/h10-13,17-18H,3-9,14-16H2,1-2H3. The number of unbranched alkanes of at least 4 members (excludes halogenated alkanes) is 1. The van der Waals surface area contributed by atoms with E-state index in [9.17, 15) is 4.39 Å². The van der Waals surface area contributed by atoms with E-state index in [0.29, 0.717) is 0 Å². The zero-order valence-corrected chi connectivity index (χ0v) is 16.3. The van der Waals surface area contributed by atoms with E-state index in [-0.39, 0.29) is 5.82 Å². The van der Waals surface area contributed by atoms with Crippen LogP contribution in [-0.2, 0) is 13.1 Å². The lowest BCUT2D eigenvalue weighted by Crippen LogP contribution is -2.19. The van der Waals surface area contributed by atoms with Crippen LogP contribution in [0.4, 0.5) is 4.39 Å². The van der Waals surface area contributed by atoms with Gasteiger partial charge in [-0.05, 0) is 63.0 Å². The Kier molecular flexibility index (Phi) is 6.84. The lowest BCUT2D eigenvalue weighted by molar-refractivity contribution is 0.306. The van der Waals surface area contributed by atoms with Gasteiger partial charge in [0.15, 0.2) is 0 Å². The van der Waals surface area contributed by atoms with Crippen LogP contribution in [0.2, 0.25) is 0 Å². The van der Waals surface area contributed by atoms with Gasteiger partial charge in [0.05, 0.1) is 5.69 Å². The number of halogens is 1. The molecular weight excluding hydrogens is 325 g/mol. The van der Waals surface area contributed by atoms with Gasteiger partial charge >= 0.3 is 0 Å². The van der Waals surface area contributed by atoms with Crippen molar-refractivity contribution in [1.82, 2.24) is 14.7 Å². The monoisotopic (exact) mass is 357 g/mol. The molecule has 2 aromatic rings. The van der Waals surface area contributed by atoms with Crippen LogP contribution in [0.25, 0.3) is 11.3 Å². The van der Waals surface area contributed by atoms with E-state index < -0.39 is 0 Å². The minimum absolute atomic E-state index is 0.197. The van der Waals surface area contributed by atoms with Gasteiger partial charge in [0.2, 0.25) is 0 Å². The van der Waals surface area contributed by atoms with Crippen molar-refractivity contribution in [1.29, 1.82) is 0 Å². The van der Waals surface area contributed by atoms with Crippen LogP contribution >= 0.6 is 0 Å². The zero-order chi connectivity index (χ0) is 18.4. The Labute approximate surface area is 157 Å². The summed E-state index contributed by atoms with van der Waals surface area (Å²) in [6.07, 6.45) is 11.3. The molecule has 1 aromatic carbocycles. The molecule has 0 amide bonds. The van der Waals surface area contributed by atoms with Crippen molar-refractivity contribution in [2.75, 3.05) is 13.6 Å². The highest BCUT2D eigenvalue weighted by atomic mass is 19.1. The molecule has 1 heterocycles. The summed E-state index contributed by atoms with van der Waals surface area (Å²) in [5, 5.41) is 4.91. The van der Waals surface area contributed by atoms with Gasteiger partial charge in [-0.3, -0.25) is 4.68 Å². The quantitative estimate of drug-likeness (QED) is 0.622. The van der Waals surface area contributed by atoms with Gasteiger partial charge in [-0.15, -0.1) is 0 Å². The van der Waals surface area contributed by atoms with E-state index in [0.717, 1.165) is 36.8 Å². The van der Waals surface area contributed by atoms with Crippen molar-refractivity contribution in [3.63, 3.8) is 0 Å². The number of aromatic nitrogens is 2. The molecule has 0 spiro atoms. The fraction of sp³-hybridized carbons (Fsp3) is 0.591. The molecule has 1 aliphatic carbocycles. The molecule has 1 aromatic heterocycles. The first kappa shape index (κ1) is 19.1. The van der Waals surface area contributed by atoms with Gasteiger partial charge in [-0.1, -0.05) is 32.6 Å². The highest BCUT2D eigenvalue weighted by molar-refractivity contribution is 5.62. The molecule has 0 saturated heterocycles. The second-order valence-corrected chi connectivity index (χ2v) is 7.83. The fourth-order valence-corrected chi connectivity index (χ4v) is 3.95. The van der Waals surface area contributed by atoms with E-state index in [1.165, 1.54) is 62.6 Å². The first-order valence-corrected chi connectivity index (χ1v) is 10.2. The first-order valence-electron chi connectivity index (χ1n) is 10.2. The van der Waals surface area contributed by atoms with Gasteiger partial charge in [0.1, 0.15) is 5.82 Å². The van der Waals surface area contributed by atoms with Crippen molar-refractivity contribution in [3.05, 3.63) is 41.8 Å². The summed E-state index contributed by atoms with van der Waals surface area (Å²) in [5.74, 6) is 0.549. The van der Waals surface area contributed by atoms with Crippen LogP contribution in [0.15, 0.2) is 30.5 Å². The van der Waals surface area contributed by atoms with Gasteiger partial charge in [0, 0.05) is 30.4 Å². The predicted octanol–water partition coefficient (Wildman–Crippen LogP) is 5.50. The molecule has 142 valence electrons. The molecule has 0 atom stereocenters. The average molecular weight is 358 g/mol. The van der Waals surface area contributed by atoms with Crippen molar-refractivity contribution < 1.29 is 4.39 Å². The summed E-state index contributed by atoms with van der Waals surface area (Å²) in [5.41, 5.74) is 3.25. The Morgan fingerprint density at radius 2 is 1.88 bits per heavy atom. The maximum Gasteiger partial charge on any atom is 0.123 e. The molecular formula is C22H32FN3. The van der Waals surface area contributed by atoms with Gasteiger partial charge in [-0.2, -0.15) is 5.10 Å². The SMILES string of the molecule is CCCCN(C)Cc1cn(CC2CCCCC2)nc1-c1ccc(F)cc1. The van der Waals surface area contributed by atoms with E-state index in [1.807, 2.05) is 12.1 Å². The summed E-state index contributed by atoms with van der Waals surface area (Å²) in [6, 6.07) is 6.75. The van der Waals surface area contributed by atoms with Gasteiger partial charge in [-0.25, -0.2) is 4.39 Å². The second kappa shape index (κ2) is 9.31. The number of rotatable bonds is 8. The van der Waals surface area contributed by atoms with Crippen LogP contribution in [0, 0.1) is 11.7 Å². The maximum atomic E-state index is 13.3. The molecule has 3 nitrogen and oxygen atoms in total. The van der Waals surface area contributed by atoms with Crippen LogP contribution < -0.4 is 0 Å². The molecule has 0 N–H and O–H groups in total. The Balaban J connectivity index is 1.80. The lowest BCUT2D eigenvalue weighted by atomic mass is 9.89. The third-order valence-electron chi connectivity index (χ3n) is 5.46. The van der Waals surface area contributed by atoms with Crippen LogP contribution in [0.1, 0.15) is 57.4 Å². The second-order valence-electron chi connectivity index (χ2n) is 7.83. The Hall–Kier alpha value is -1.68. The van der Waals surface area contributed by atoms with Crippen molar-refractivity contribution in [2.24, 2.45) is 5.92 Å². The fourth-order valence-electron chi connectivity index (χ4n) is 3.95. The lowest BCUT2D eigenvalue weighted by Gasteiger charge is -2.21. The number of benzene rings is 1. The number of hydrogen-bond donors (Lipinski definition) is 0. The summed E-state index contributed by atoms with van der Waals surface area (Å²) in [4.78, 5) is 2.36. The van der Waals surface area contributed by atoms with Crippen LogP contribution in [-0.4, -0.2) is 28.3 Å².